The number of sulfonamides is 1. The molecule has 0 saturated carbocycles. The van der Waals surface area contributed by atoms with Crippen LogP contribution in [0.3, 0.4) is 0 Å². The van der Waals surface area contributed by atoms with Gasteiger partial charge >= 0.3 is 0 Å². The van der Waals surface area contributed by atoms with Crippen LogP contribution in [0.5, 0.6) is 0 Å². The van der Waals surface area contributed by atoms with Gasteiger partial charge in [0.1, 0.15) is 5.76 Å². The number of furan rings is 1. The molecular formula is C15H25N3O4S. The Hall–Kier alpha value is -1.38. The molecule has 1 aromatic heterocycles. The Bertz CT molecular complexity index is 605. The zero-order chi connectivity index (χ0) is 17.0. The summed E-state index contributed by atoms with van der Waals surface area (Å²) in [5.74, 6) is 0.658. The van der Waals surface area contributed by atoms with Gasteiger partial charge in [0, 0.05) is 25.6 Å². The quantitative estimate of drug-likeness (QED) is 0.821. The average molecular weight is 343 g/mol. The van der Waals surface area contributed by atoms with Gasteiger partial charge in [0.05, 0.1) is 18.6 Å². The normalized spacial score (nSPS) is 19.0. The maximum atomic E-state index is 12.3. The van der Waals surface area contributed by atoms with E-state index in [9.17, 15) is 13.2 Å². The fourth-order valence-electron chi connectivity index (χ4n) is 2.81. The number of rotatable bonds is 6. The summed E-state index contributed by atoms with van der Waals surface area (Å²) >= 11 is 0. The topological polar surface area (TPSA) is 82.9 Å². The van der Waals surface area contributed by atoms with Crippen LogP contribution in [0, 0.1) is 5.92 Å². The number of carbonyl (C=O) groups excluding carboxylic acids is 1. The van der Waals surface area contributed by atoms with Crippen LogP contribution in [-0.4, -0.2) is 63.5 Å². The highest BCUT2D eigenvalue weighted by Gasteiger charge is 2.29. The predicted octanol–water partition coefficient (Wildman–Crippen LogP) is 0.670. The molecule has 1 N–H and O–H groups in total. The number of carbonyl (C=O) groups is 1. The van der Waals surface area contributed by atoms with Crippen molar-refractivity contribution in [2.24, 2.45) is 5.92 Å². The highest BCUT2D eigenvalue weighted by Crippen LogP contribution is 2.21. The third-order valence-electron chi connectivity index (χ3n) is 4.26. The molecule has 0 spiro atoms. The van der Waals surface area contributed by atoms with E-state index in [4.69, 9.17) is 4.42 Å². The van der Waals surface area contributed by atoms with Crippen molar-refractivity contribution in [2.45, 2.75) is 18.9 Å². The summed E-state index contributed by atoms with van der Waals surface area (Å²) in [5, 5.41) is 2.97. The van der Waals surface area contributed by atoms with Gasteiger partial charge in [-0.15, -0.1) is 0 Å². The van der Waals surface area contributed by atoms with Crippen molar-refractivity contribution < 1.29 is 17.6 Å². The number of likely N-dealkylation sites (N-methyl/N-ethyl adjacent to an activating group) is 1. The van der Waals surface area contributed by atoms with Crippen molar-refractivity contribution in [1.29, 1.82) is 0 Å². The highest BCUT2D eigenvalue weighted by molar-refractivity contribution is 7.88. The summed E-state index contributed by atoms with van der Waals surface area (Å²) in [6.07, 6.45) is 3.95. The monoisotopic (exact) mass is 343 g/mol. The Morgan fingerprint density at radius 3 is 2.57 bits per heavy atom. The Morgan fingerprint density at radius 1 is 1.43 bits per heavy atom. The molecule has 2 rings (SSSR count). The molecule has 1 aliphatic heterocycles. The molecule has 0 radical (unpaired) electrons. The second-order valence-corrected chi connectivity index (χ2v) is 8.16. The summed E-state index contributed by atoms with van der Waals surface area (Å²) in [5.41, 5.74) is 0. The van der Waals surface area contributed by atoms with Crippen LogP contribution >= 0.6 is 0 Å². The first-order valence-electron chi connectivity index (χ1n) is 7.71. The summed E-state index contributed by atoms with van der Waals surface area (Å²) in [6, 6.07) is 3.70. The smallest absolute Gasteiger partial charge is 0.223 e. The van der Waals surface area contributed by atoms with Crippen LogP contribution in [0.25, 0.3) is 0 Å². The van der Waals surface area contributed by atoms with E-state index in [1.165, 1.54) is 10.6 Å². The summed E-state index contributed by atoms with van der Waals surface area (Å²) in [7, 11) is 0.710. The number of hydrogen-bond acceptors (Lipinski definition) is 5. The molecule has 1 amide bonds. The van der Waals surface area contributed by atoms with Crippen LogP contribution in [-0.2, 0) is 14.8 Å². The van der Waals surface area contributed by atoms with Gasteiger partial charge in [-0.25, -0.2) is 12.7 Å². The van der Waals surface area contributed by atoms with Gasteiger partial charge in [0.25, 0.3) is 0 Å². The zero-order valence-electron chi connectivity index (χ0n) is 13.9. The lowest BCUT2D eigenvalue weighted by atomic mass is 9.97. The van der Waals surface area contributed by atoms with E-state index in [2.05, 4.69) is 5.32 Å². The number of piperidine rings is 1. The molecule has 8 heteroatoms. The summed E-state index contributed by atoms with van der Waals surface area (Å²) in [6.45, 7) is 1.28. The van der Waals surface area contributed by atoms with E-state index in [1.54, 1.807) is 6.26 Å². The van der Waals surface area contributed by atoms with Gasteiger partial charge < -0.3 is 9.73 Å². The van der Waals surface area contributed by atoms with Gasteiger partial charge in [0.15, 0.2) is 0 Å². The number of hydrogen-bond donors (Lipinski definition) is 1. The largest absolute Gasteiger partial charge is 0.468 e. The van der Waals surface area contributed by atoms with Gasteiger partial charge in [-0.1, -0.05) is 0 Å². The molecule has 7 nitrogen and oxygen atoms in total. The van der Waals surface area contributed by atoms with Crippen LogP contribution in [0.2, 0.25) is 0 Å². The molecule has 1 atom stereocenters. The molecule has 1 aromatic rings. The van der Waals surface area contributed by atoms with Crippen molar-refractivity contribution in [3.8, 4) is 0 Å². The Morgan fingerprint density at radius 2 is 2.09 bits per heavy atom. The van der Waals surface area contributed by atoms with E-state index in [0.29, 0.717) is 32.5 Å². The molecule has 0 unspecified atom stereocenters. The first-order chi connectivity index (χ1) is 10.8. The molecule has 0 aliphatic carbocycles. The molecule has 130 valence electrons. The van der Waals surface area contributed by atoms with Crippen LogP contribution in [0.1, 0.15) is 24.6 Å². The van der Waals surface area contributed by atoms with E-state index in [1.807, 2.05) is 31.1 Å². The molecule has 2 heterocycles. The Balaban J connectivity index is 1.85. The van der Waals surface area contributed by atoms with E-state index in [0.717, 1.165) is 5.76 Å². The highest BCUT2D eigenvalue weighted by atomic mass is 32.2. The minimum absolute atomic E-state index is 0.0171. The van der Waals surface area contributed by atoms with Crippen molar-refractivity contribution in [2.75, 3.05) is 40.0 Å². The number of nitrogens with one attached hydrogen (secondary N) is 1. The lowest BCUT2D eigenvalue weighted by Gasteiger charge is -2.30. The van der Waals surface area contributed by atoms with Crippen molar-refractivity contribution in [3.05, 3.63) is 24.2 Å². The molecule has 23 heavy (non-hydrogen) atoms. The fourth-order valence-corrected chi connectivity index (χ4v) is 3.68. The van der Waals surface area contributed by atoms with Crippen LogP contribution in [0.15, 0.2) is 22.8 Å². The van der Waals surface area contributed by atoms with E-state index < -0.39 is 10.0 Å². The maximum Gasteiger partial charge on any atom is 0.223 e. The molecule has 1 aliphatic rings. The number of nitrogens with zero attached hydrogens (tertiary/aromatic N) is 2. The lowest BCUT2D eigenvalue weighted by Crippen LogP contribution is -2.44. The second-order valence-electron chi connectivity index (χ2n) is 6.18. The minimum Gasteiger partial charge on any atom is -0.468 e. The Labute approximate surface area is 137 Å². The first-order valence-corrected chi connectivity index (χ1v) is 9.56. The first kappa shape index (κ1) is 18.0. The standard InChI is InChI=1S/C15H25N3O4S/c1-17(2)13(14-5-4-10-22-14)11-16-15(19)12-6-8-18(9-7-12)23(3,20)21/h4-5,10,12-13H,6-9,11H2,1-3H3,(H,16,19)/t13-/m1/s1. The molecule has 0 bridgehead atoms. The van der Waals surface area contributed by atoms with Gasteiger partial charge in [-0.3, -0.25) is 9.69 Å². The fraction of sp³-hybridized carbons (Fsp3) is 0.667. The number of amides is 1. The molecule has 1 saturated heterocycles. The van der Waals surface area contributed by atoms with Gasteiger partial charge in [-0.2, -0.15) is 0 Å². The molecular weight excluding hydrogens is 318 g/mol. The van der Waals surface area contributed by atoms with E-state index in [-0.39, 0.29) is 17.9 Å². The van der Waals surface area contributed by atoms with Gasteiger partial charge in [0.2, 0.25) is 15.9 Å². The lowest BCUT2D eigenvalue weighted by molar-refractivity contribution is -0.126. The van der Waals surface area contributed by atoms with Crippen LogP contribution < -0.4 is 5.32 Å². The third-order valence-corrected chi connectivity index (χ3v) is 5.56. The third kappa shape index (κ3) is 4.79. The molecule has 1 fully saturated rings. The SMILES string of the molecule is CN(C)[C@H](CNC(=O)C1CCN(S(C)(=O)=O)CC1)c1ccco1. The second kappa shape index (κ2) is 7.46. The van der Waals surface area contributed by atoms with Crippen molar-refractivity contribution in [1.82, 2.24) is 14.5 Å². The summed E-state index contributed by atoms with van der Waals surface area (Å²) in [4.78, 5) is 14.3. The Kier molecular flexibility index (Phi) is 5.83. The maximum absolute atomic E-state index is 12.3. The zero-order valence-corrected chi connectivity index (χ0v) is 14.7. The molecule has 0 aromatic carbocycles. The van der Waals surface area contributed by atoms with Crippen LogP contribution in [0.4, 0.5) is 0 Å². The minimum atomic E-state index is -3.16. The predicted molar refractivity (Wildman–Crippen MR) is 87.3 cm³/mol. The summed E-state index contributed by atoms with van der Waals surface area (Å²) < 4.78 is 29.8. The average Bonchev–Trinajstić information content (AvgIpc) is 3.00. The van der Waals surface area contributed by atoms with Crippen molar-refractivity contribution >= 4 is 15.9 Å². The van der Waals surface area contributed by atoms with E-state index >= 15 is 0 Å². The van der Waals surface area contributed by atoms with Crippen molar-refractivity contribution in [3.63, 3.8) is 0 Å². The van der Waals surface area contributed by atoms with Gasteiger partial charge in [-0.05, 0) is 39.1 Å².